The van der Waals surface area contributed by atoms with Gasteiger partial charge in [0, 0.05) is 11.3 Å². The number of hydrogen-bond acceptors (Lipinski definition) is 4. The topological polar surface area (TPSA) is 93.5 Å². The van der Waals surface area contributed by atoms with Crippen LogP contribution in [0.25, 0.3) is 5.69 Å². The molecule has 0 fully saturated rings. The number of aliphatic carboxylic acids is 1. The fourth-order valence-corrected chi connectivity index (χ4v) is 3.38. The SMILES string of the molecule is CCCC(Oc1ccc(-n2cnc(Cl)c2C)cc1)c1ccc(C(=O)NC(C)C(=O)O)cc1. The second kappa shape index (κ2) is 10.3. The summed E-state index contributed by atoms with van der Waals surface area (Å²) in [5.41, 5.74) is 3.14. The van der Waals surface area contributed by atoms with Gasteiger partial charge < -0.3 is 19.7 Å². The molecule has 3 rings (SSSR count). The number of halogens is 1. The molecule has 168 valence electrons. The third-order valence-corrected chi connectivity index (χ3v) is 5.52. The molecule has 2 N–H and O–H groups in total. The predicted octanol–water partition coefficient (Wildman–Crippen LogP) is 4.96. The zero-order valence-electron chi connectivity index (χ0n) is 18.2. The van der Waals surface area contributed by atoms with Crippen molar-refractivity contribution in [2.75, 3.05) is 0 Å². The summed E-state index contributed by atoms with van der Waals surface area (Å²) in [5, 5.41) is 11.9. The molecule has 0 aliphatic heterocycles. The summed E-state index contributed by atoms with van der Waals surface area (Å²) in [6.45, 7) is 5.41. The minimum absolute atomic E-state index is 0.176. The van der Waals surface area contributed by atoms with E-state index in [1.54, 1.807) is 18.5 Å². The van der Waals surface area contributed by atoms with Crippen molar-refractivity contribution in [3.8, 4) is 11.4 Å². The second-order valence-electron chi connectivity index (χ2n) is 7.54. The molecule has 7 nitrogen and oxygen atoms in total. The molecule has 2 atom stereocenters. The highest BCUT2D eigenvalue weighted by Gasteiger charge is 2.17. The van der Waals surface area contributed by atoms with E-state index in [2.05, 4.69) is 17.2 Å². The van der Waals surface area contributed by atoms with Crippen molar-refractivity contribution < 1.29 is 19.4 Å². The lowest BCUT2D eigenvalue weighted by molar-refractivity contribution is -0.138. The minimum Gasteiger partial charge on any atom is -0.486 e. The van der Waals surface area contributed by atoms with E-state index < -0.39 is 17.9 Å². The number of rotatable bonds is 9. The van der Waals surface area contributed by atoms with Crippen LogP contribution < -0.4 is 10.1 Å². The summed E-state index contributed by atoms with van der Waals surface area (Å²) >= 11 is 6.04. The molecule has 2 unspecified atom stereocenters. The molecule has 3 aromatic rings. The quantitative estimate of drug-likeness (QED) is 0.475. The van der Waals surface area contributed by atoms with Crippen molar-refractivity contribution in [3.63, 3.8) is 0 Å². The van der Waals surface area contributed by atoms with Crippen LogP contribution in [0, 0.1) is 6.92 Å². The number of ether oxygens (including phenoxy) is 1. The summed E-state index contributed by atoms with van der Waals surface area (Å²) in [7, 11) is 0. The number of amides is 1. The molecule has 0 saturated carbocycles. The van der Waals surface area contributed by atoms with Crippen molar-refractivity contribution >= 4 is 23.5 Å². The van der Waals surface area contributed by atoms with Gasteiger partial charge in [-0.15, -0.1) is 0 Å². The Hall–Kier alpha value is -3.32. The van der Waals surface area contributed by atoms with E-state index in [-0.39, 0.29) is 6.10 Å². The highest BCUT2D eigenvalue weighted by Crippen LogP contribution is 2.28. The normalized spacial score (nSPS) is 12.8. The highest BCUT2D eigenvalue weighted by molar-refractivity contribution is 6.30. The van der Waals surface area contributed by atoms with Gasteiger partial charge in [-0.2, -0.15) is 0 Å². The lowest BCUT2D eigenvalue weighted by Gasteiger charge is -2.20. The number of benzene rings is 2. The Morgan fingerprint density at radius 1 is 1.16 bits per heavy atom. The fraction of sp³-hybridized carbons (Fsp3) is 0.292. The average molecular weight is 456 g/mol. The third-order valence-electron chi connectivity index (χ3n) is 5.15. The molecule has 0 saturated heterocycles. The summed E-state index contributed by atoms with van der Waals surface area (Å²) < 4.78 is 8.14. The Balaban J connectivity index is 1.72. The van der Waals surface area contributed by atoms with E-state index in [4.69, 9.17) is 21.4 Å². The van der Waals surface area contributed by atoms with Crippen LogP contribution in [0.2, 0.25) is 5.15 Å². The highest BCUT2D eigenvalue weighted by atomic mass is 35.5. The Kier molecular flexibility index (Phi) is 7.53. The number of imidazole rings is 1. The number of nitrogens with zero attached hydrogens (tertiary/aromatic N) is 2. The maximum atomic E-state index is 12.2. The number of hydrogen-bond donors (Lipinski definition) is 2. The van der Waals surface area contributed by atoms with Crippen molar-refractivity contribution in [1.82, 2.24) is 14.9 Å². The molecular formula is C24H26ClN3O4. The number of carbonyl (C=O) groups excluding carboxylic acids is 1. The number of carboxylic acid groups (broad SMARTS) is 1. The molecule has 0 aliphatic carbocycles. The van der Waals surface area contributed by atoms with Crippen molar-refractivity contribution in [2.45, 2.75) is 45.8 Å². The molecule has 0 radical (unpaired) electrons. The molecule has 1 amide bonds. The Labute approximate surface area is 192 Å². The van der Waals surface area contributed by atoms with Crippen LogP contribution in [0.5, 0.6) is 5.75 Å². The van der Waals surface area contributed by atoms with Crippen LogP contribution in [0.3, 0.4) is 0 Å². The fourth-order valence-electron chi connectivity index (χ4n) is 3.24. The van der Waals surface area contributed by atoms with Crippen LogP contribution in [0.1, 0.15) is 54.4 Å². The van der Waals surface area contributed by atoms with Crippen LogP contribution in [-0.2, 0) is 4.79 Å². The maximum absolute atomic E-state index is 12.2. The van der Waals surface area contributed by atoms with E-state index in [0.717, 1.165) is 35.5 Å². The zero-order chi connectivity index (χ0) is 23.3. The molecular weight excluding hydrogens is 430 g/mol. The van der Waals surface area contributed by atoms with Crippen molar-refractivity contribution in [3.05, 3.63) is 76.8 Å². The van der Waals surface area contributed by atoms with Gasteiger partial charge in [0.05, 0.1) is 5.69 Å². The number of nitrogens with one attached hydrogen (secondary N) is 1. The molecule has 0 spiro atoms. The molecule has 2 aromatic carbocycles. The van der Waals surface area contributed by atoms with Gasteiger partial charge in [0.2, 0.25) is 0 Å². The molecule has 1 heterocycles. The van der Waals surface area contributed by atoms with Crippen LogP contribution in [-0.4, -0.2) is 32.6 Å². The van der Waals surface area contributed by atoms with Crippen molar-refractivity contribution in [1.29, 1.82) is 0 Å². The van der Waals surface area contributed by atoms with E-state index in [1.165, 1.54) is 6.92 Å². The van der Waals surface area contributed by atoms with Gasteiger partial charge in [0.25, 0.3) is 5.91 Å². The monoisotopic (exact) mass is 455 g/mol. The Morgan fingerprint density at radius 3 is 2.34 bits per heavy atom. The Morgan fingerprint density at radius 2 is 1.81 bits per heavy atom. The molecule has 0 aliphatic rings. The van der Waals surface area contributed by atoms with Gasteiger partial charge >= 0.3 is 5.97 Å². The first-order valence-electron chi connectivity index (χ1n) is 10.4. The minimum atomic E-state index is -1.08. The van der Waals surface area contributed by atoms with Gasteiger partial charge in [-0.3, -0.25) is 9.59 Å². The standard InChI is InChI=1S/C24H26ClN3O4/c1-4-5-21(17-6-8-18(9-7-17)23(29)27-15(2)24(30)31)32-20-12-10-19(11-13-20)28-14-26-22(25)16(28)3/h6-15,21H,4-5H2,1-3H3,(H,27,29)(H,30,31). The molecule has 0 bridgehead atoms. The lowest BCUT2D eigenvalue weighted by atomic mass is 10.0. The number of carbonyl (C=O) groups is 2. The van der Waals surface area contributed by atoms with Crippen LogP contribution >= 0.6 is 11.6 Å². The van der Waals surface area contributed by atoms with Gasteiger partial charge in [-0.1, -0.05) is 37.1 Å². The van der Waals surface area contributed by atoms with E-state index in [9.17, 15) is 9.59 Å². The first-order chi connectivity index (χ1) is 15.3. The number of aromatic nitrogens is 2. The van der Waals surface area contributed by atoms with E-state index >= 15 is 0 Å². The molecule has 8 heteroatoms. The molecule has 32 heavy (non-hydrogen) atoms. The average Bonchev–Trinajstić information content (AvgIpc) is 3.12. The smallest absolute Gasteiger partial charge is 0.325 e. The predicted molar refractivity (Wildman–Crippen MR) is 123 cm³/mol. The van der Waals surface area contributed by atoms with E-state index in [1.807, 2.05) is 47.9 Å². The maximum Gasteiger partial charge on any atom is 0.325 e. The van der Waals surface area contributed by atoms with Gasteiger partial charge in [-0.25, -0.2) is 4.98 Å². The third kappa shape index (κ3) is 5.48. The summed E-state index contributed by atoms with van der Waals surface area (Å²) in [4.78, 5) is 27.3. The van der Waals surface area contributed by atoms with Gasteiger partial charge in [0.15, 0.2) is 0 Å². The number of carboxylic acids is 1. The first kappa shape index (κ1) is 23.3. The Bertz CT molecular complexity index is 1080. The largest absolute Gasteiger partial charge is 0.486 e. The summed E-state index contributed by atoms with van der Waals surface area (Å²) in [5.74, 6) is -0.776. The van der Waals surface area contributed by atoms with Crippen LogP contribution in [0.4, 0.5) is 0 Å². The van der Waals surface area contributed by atoms with Crippen LogP contribution in [0.15, 0.2) is 54.9 Å². The first-order valence-corrected chi connectivity index (χ1v) is 10.8. The van der Waals surface area contributed by atoms with E-state index in [0.29, 0.717) is 10.7 Å². The van der Waals surface area contributed by atoms with Gasteiger partial charge in [0.1, 0.15) is 29.4 Å². The summed E-state index contributed by atoms with van der Waals surface area (Å²) in [6.07, 6.45) is 3.24. The second-order valence-corrected chi connectivity index (χ2v) is 7.89. The zero-order valence-corrected chi connectivity index (χ0v) is 19.0. The molecule has 1 aromatic heterocycles. The summed E-state index contributed by atoms with van der Waals surface area (Å²) in [6, 6.07) is 13.8. The lowest BCUT2D eigenvalue weighted by Crippen LogP contribution is -2.38. The van der Waals surface area contributed by atoms with Crippen molar-refractivity contribution in [2.24, 2.45) is 0 Å². The van der Waals surface area contributed by atoms with Gasteiger partial charge in [-0.05, 0) is 62.2 Å².